The van der Waals surface area contributed by atoms with E-state index in [0.717, 1.165) is 12.8 Å². The Hall–Kier alpha value is -0.0400. The van der Waals surface area contributed by atoms with Crippen LogP contribution in [0.2, 0.25) is 0 Å². The Bertz CT molecular complexity index is 200. The third kappa shape index (κ3) is 2.98. The van der Waals surface area contributed by atoms with Crippen molar-refractivity contribution in [3.8, 4) is 0 Å². The lowest BCUT2D eigenvalue weighted by atomic mass is 9.79. The summed E-state index contributed by atoms with van der Waals surface area (Å²) >= 11 is 5.74. The summed E-state index contributed by atoms with van der Waals surface area (Å²) in [5, 5.41) is 0.424. The quantitative estimate of drug-likeness (QED) is 0.643. The maximum absolute atomic E-state index is 13.4. The predicted octanol–water partition coefficient (Wildman–Crippen LogP) is 4.68. The Morgan fingerprint density at radius 1 is 1.57 bits per heavy atom. The van der Waals surface area contributed by atoms with Gasteiger partial charge in [-0.05, 0) is 24.7 Å². The van der Waals surface area contributed by atoms with Crippen molar-refractivity contribution >= 4 is 11.6 Å². The van der Waals surface area contributed by atoms with Crippen LogP contribution in [0.5, 0.6) is 0 Å². The normalized spacial score (nSPS) is 29.9. The van der Waals surface area contributed by atoms with Gasteiger partial charge in [-0.2, -0.15) is 0 Å². The maximum Gasteiger partial charge on any atom is 0.136 e. The highest BCUT2D eigenvalue weighted by atomic mass is 35.5. The second kappa shape index (κ2) is 5.75. The number of hydrogen-bond donors (Lipinski definition) is 0. The zero-order chi connectivity index (χ0) is 10.6. The number of halogens is 2. The molecule has 2 heteroatoms. The molecule has 0 fully saturated rings. The third-order valence-corrected chi connectivity index (χ3v) is 3.67. The van der Waals surface area contributed by atoms with Crippen LogP contribution in [0, 0.1) is 11.8 Å². The first-order valence-corrected chi connectivity index (χ1v) is 6.06. The minimum Gasteiger partial charge on any atom is -0.241 e. The van der Waals surface area contributed by atoms with Crippen LogP contribution in [-0.2, 0) is 0 Å². The Labute approximate surface area is 91.5 Å². The van der Waals surface area contributed by atoms with Gasteiger partial charge in [0.15, 0.2) is 0 Å². The first-order valence-electron chi connectivity index (χ1n) is 5.68. The van der Waals surface area contributed by atoms with Crippen LogP contribution in [0.4, 0.5) is 4.39 Å². The van der Waals surface area contributed by atoms with Crippen molar-refractivity contribution in [2.24, 2.45) is 11.8 Å². The molecule has 0 amide bonds. The zero-order valence-electron chi connectivity index (χ0n) is 9.10. The molecule has 3 atom stereocenters. The van der Waals surface area contributed by atoms with Crippen molar-refractivity contribution in [3.05, 3.63) is 11.1 Å². The van der Waals surface area contributed by atoms with Gasteiger partial charge >= 0.3 is 0 Å². The van der Waals surface area contributed by atoms with Gasteiger partial charge in [-0.25, -0.2) is 4.39 Å². The van der Waals surface area contributed by atoms with E-state index in [0.29, 0.717) is 23.3 Å². The molecule has 1 aliphatic carbocycles. The predicted molar refractivity (Wildman–Crippen MR) is 60.2 cm³/mol. The Kier molecular flexibility index (Phi) is 4.94. The largest absolute Gasteiger partial charge is 0.241 e. The smallest absolute Gasteiger partial charge is 0.136 e. The Balaban J connectivity index is 2.53. The van der Waals surface area contributed by atoms with Gasteiger partial charge in [0, 0.05) is 5.03 Å². The molecule has 0 saturated heterocycles. The Morgan fingerprint density at radius 2 is 2.29 bits per heavy atom. The van der Waals surface area contributed by atoms with E-state index in [1.807, 2.05) is 6.08 Å². The van der Waals surface area contributed by atoms with E-state index in [-0.39, 0.29) is 0 Å². The molecule has 0 bridgehead atoms. The van der Waals surface area contributed by atoms with Gasteiger partial charge in [0.25, 0.3) is 0 Å². The van der Waals surface area contributed by atoms with Crippen LogP contribution >= 0.6 is 11.6 Å². The van der Waals surface area contributed by atoms with E-state index in [4.69, 9.17) is 11.6 Å². The van der Waals surface area contributed by atoms with Gasteiger partial charge in [-0.1, -0.05) is 50.8 Å². The van der Waals surface area contributed by atoms with Gasteiger partial charge in [0.1, 0.15) is 6.17 Å². The minimum atomic E-state index is -0.902. The minimum absolute atomic E-state index is 0.424. The fourth-order valence-electron chi connectivity index (χ4n) is 2.40. The molecule has 0 saturated carbocycles. The lowest BCUT2D eigenvalue weighted by molar-refractivity contribution is 0.218. The number of alkyl halides is 1. The molecule has 1 aliphatic rings. The SMILES string of the molecule is CCCC(CC)C1CC=C(Cl)[C@@H](F)C1. The molecule has 82 valence electrons. The van der Waals surface area contributed by atoms with Crippen molar-refractivity contribution in [3.63, 3.8) is 0 Å². The van der Waals surface area contributed by atoms with Gasteiger partial charge in [0.2, 0.25) is 0 Å². The molecule has 0 N–H and O–H groups in total. The highest BCUT2D eigenvalue weighted by Crippen LogP contribution is 2.36. The highest BCUT2D eigenvalue weighted by Gasteiger charge is 2.27. The summed E-state index contributed by atoms with van der Waals surface area (Å²) in [5.74, 6) is 1.19. The number of hydrogen-bond acceptors (Lipinski definition) is 0. The molecule has 0 aromatic heterocycles. The van der Waals surface area contributed by atoms with Crippen LogP contribution < -0.4 is 0 Å². The summed E-state index contributed by atoms with van der Waals surface area (Å²) in [5.41, 5.74) is 0. The lowest BCUT2D eigenvalue weighted by Gasteiger charge is -2.29. The van der Waals surface area contributed by atoms with Crippen molar-refractivity contribution in [2.45, 2.75) is 52.1 Å². The monoisotopic (exact) mass is 218 g/mol. The number of rotatable bonds is 4. The molecule has 0 radical (unpaired) electrons. The molecular weight excluding hydrogens is 199 g/mol. The Morgan fingerprint density at radius 3 is 2.79 bits per heavy atom. The first kappa shape index (κ1) is 12.0. The molecule has 0 aliphatic heterocycles. The second-order valence-corrected chi connectivity index (χ2v) is 4.68. The van der Waals surface area contributed by atoms with E-state index < -0.39 is 6.17 Å². The second-order valence-electron chi connectivity index (χ2n) is 4.25. The molecule has 0 heterocycles. The van der Waals surface area contributed by atoms with E-state index >= 15 is 0 Å². The summed E-state index contributed by atoms with van der Waals surface area (Å²) in [6, 6.07) is 0. The summed E-state index contributed by atoms with van der Waals surface area (Å²) in [7, 11) is 0. The summed E-state index contributed by atoms with van der Waals surface area (Å²) in [4.78, 5) is 0. The highest BCUT2D eigenvalue weighted by molar-refractivity contribution is 6.30. The van der Waals surface area contributed by atoms with Crippen LogP contribution in [0.1, 0.15) is 46.0 Å². The molecule has 1 rings (SSSR count). The van der Waals surface area contributed by atoms with Crippen molar-refractivity contribution < 1.29 is 4.39 Å². The van der Waals surface area contributed by atoms with Gasteiger partial charge in [-0.3, -0.25) is 0 Å². The number of allylic oxidation sites excluding steroid dienone is 2. The van der Waals surface area contributed by atoms with E-state index in [1.165, 1.54) is 12.8 Å². The fraction of sp³-hybridized carbons (Fsp3) is 0.833. The fourth-order valence-corrected chi connectivity index (χ4v) is 2.57. The standard InChI is InChI=1S/C12H20ClF/c1-3-5-9(4-2)10-6-7-11(13)12(14)8-10/h7,9-10,12H,3-6,8H2,1-2H3/t9?,10?,12-/m0/s1. The first-order chi connectivity index (χ1) is 6.69. The molecule has 0 nitrogen and oxygen atoms in total. The van der Waals surface area contributed by atoms with E-state index in [9.17, 15) is 4.39 Å². The van der Waals surface area contributed by atoms with E-state index in [2.05, 4.69) is 13.8 Å². The molecule has 0 spiro atoms. The average molecular weight is 219 g/mol. The van der Waals surface area contributed by atoms with Crippen molar-refractivity contribution in [1.82, 2.24) is 0 Å². The van der Waals surface area contributed by atoms with Crippen molar-refractivity contribution in [1.29, 1.82) is 0 Å². The topological polar surface area (TPSA) is 0 Å². The maximum atomic E-state index is 13.4. The average Bonchev–Trinajstić information content (AvgIpc) is 2.19. The summed E-state index contributed by atoms with van der Waals surface area (Å²) in [6.45, 7) is 4.40. The van der Waals surface area contributed by atoms with E-state index in [1.54, 1.807) is 0 Å². The summed E-state index contributed by atoms with van der Waals surface area (Å²) in [6.07, 6.45) is 6.16. The van der Waals surface area contributed by atoms with Crippen molar-refractivity contribution in [2.75, 3.05) is 0 Å². The van der Waals surface area contributed by atoms with Gasteiger partial charge < -0.3 is 0 Å². The van der Waals surface area contributed by atoms with Gasteiger partial charge in [0.05, 0.1) is 0 Å². The molecule has 14 heavy (non-hydrogen) atoms. The molecule has 0 aromatic rings. The van der Waals surface area contributed by atoms with Crippen LogP contribution in [0.15, 0.2) is 11.1 Å². The molecular formula is C12H20ClF. The summed E-state index contributed by atoms with van der Waals surface area (Å²) < 4.78 is 13.4. The zero-order valence-corrected chi connectivity index (χ0v) is 9.86. The lowest BCUT2D eigenvalue weighted by Crippen LogP contribution is -2.22. The van der Waals surface area contributed by atoms with Crippen LogP contribution in [0.25, 0.3) is 0 Å². The molecule has 2 unspecified atom stereocenters. The van der Waals surface area contributed by atoms with Crippen LogP contribution in [-0.4, -0.2) is 6.17 Å². The van der Waals surface area contributed by atoms with Gasteiger partial charge in [-0.15, -0.1) is 0 Å². The van der Waals surface area contributed by atoms with Crippen LogP contribution in [0.3, 0.4) is 0 Å². The molecule has 0 aromatic carbocycles. The third-order valence-electron chi connectivity index (χ3n) is 3.28.